The summed E-state index contributed by atoms with van der Waals surface area (Å²) >= 11 is 0. The van der Waals surface area contributed by atoms with E-state index in [1.54, 1.807) is 50.8 Å². The summed E-state index contributed by atoms with van der Waals surface area (Å²) in [6.45, 7) is 7.26. The van der Waals surface area contributed by atoms with Gasteiger partial charge >= 0.3 is 0 Å². The van der Waals surface area contributed by atoms with Crippen LogP contribution in [0.3, 0.4) is 0 Å². The predicted molar refractivity (Wildman–Crippen MR) is 134 cm³/mol. The van der Waals surface area contributed by atoms with Crippen LogP contribution in [0.1, 0.15) is 56.6 Å². The molecule has 0 saturated carbocycles. The molecule has 4 heterocycles. The topological polar surface area (TPSA) is 81.7 Å². The second kappa shape index (κ2) is 8.74. The van der Waals surface area contributed by atoms with Crippen molar-refractivity contribution in [1.82, 2.24) is 29.5 Å². The van der Waals surface area contributed by atoms with E-state index in [0.717, 1.165) is 17.5 Å². The lowest BCUT2D eigenvalue weighted by Crippen LogP contribution is -2.17. The molecule has 5 aromatic rings. The Morgan fingerprint density at radius 1 is 1.06 bits per heavy atom. The zero-order valence-electron chi connectivity index (χ0n) is 20.9. The molecule has 0 fully saturated rings. The number of aromatic nitrogens is 6. The number of hydrogen-bond donors (Lipinski definition) is 1. The maximum absolute atomic E-state index is 15.6. The van der Waals surface area contributed by atoms with Gasteiger partial charge in [0.1, 0.15) is 11.6 Å². The van der Waals surface area contributed by atoms with E-state index in [2.05, 4.69) is 31.8 Å². The molecule has 1 N–H and O–H groups in total. The molecule has 0 aliphatic heterocycles. The Hall–Kier alpha value is -3.72. The van der Waals surface area contributed by atoms with Crippen LogP contribution >= 0.6 is 0 Å². The number of fused-ring (bicyclic) bond motifs is 3. The fraction of sp³-hybridized carbons (Fsp3) is 0.333. The number of halogens is 2. The third kappa shape index (κ3) is 3.93. The lowest BCUT2D eigenvalue weighted by atomic mass is 10.00. The van der Waals surface area contributed by atoms with E-state index >= 15 is 4.39 Å². The summed E-state index contributed by atoms with van der Waals surface area (Å²) in [7, 11) is 1.73. The fourth-order valence-electron chi connectivity index (χ4n) is 4.87. The van der Waals surface area contributed by atoms with Crippen molar-refractivity contribution < 1.29 is 13.9 Å². The van der Waals surface area contributed by atoms with Gasteiger partial charge in [-0.25, -0.2) is 13.5 Å². The number of pyridine rings is 2. The zero-order valence-corrected chi connectivity index (χ0v) is 20.9. The zero-order chi connectivity index (χ0) is 25.8. The second-order valence-electron chi connectivity index (χ2n) is 9.72. The van der Waals surface area contributed by atoms with Crippen LogP contribution in [0, 0.1) is 18.6 Å². The van der Waals surface area contributed by atoms with Gasteiger partial charge < -0.3 is 9.67 Å². The Balaban J connectivity index is 1.90. The fourth-order valence-corrected chi connectivity index (χ4v) is 4.87. The molecule has 7 nitrogen and oxygen atoms in total. The highest BCUT2D eigenvalue weighted by Crippen LogP contribution is 2.39. The average Bonchev–Trinajstić information content (AvgIpc) is 3.32. The monoisotopic (exact) mass is 490 g/mol. The normalized spacial score (nSPS) is 13.1. The summed E-state index contributed by atoms with van der Waals surface area (Å²) in [5.41, 5.74) is 3.90. The van der Waals surface area contributed by atoms with Crippen LogP contribution in [0.25, 0.3) is 33.2 Å². The highest BCUT2D eigenvalue weighted by atomic mass is 19.1. The van der Waals surface area contributed by atoms with Gasteiger partial charge in [-0.05, 0) is 57.5 Å². The molecule has 1 atom stereocenters. The summed E-state index contributed by atoms with van der Waals surface area (Å²) in [5, 5.41) is 19.5. The lowest BCUT2D eigenvalue weighted by molar-refractivity contribution is 0.0784. The Bertz CT molecular complexity index is 1560. The van der Waals surface area contributed by atoms with E-state index in [1.165, 1.54) is 18.3 Å². The molecule has 186 valence electrons. The lowest BCUT2D eigenvalue weighted by Gasteiger charge is -2.22. The van der Waals surface area contributed by atoms with Crippen molar-refractivity contribution in [3.63, 3.8) is 0 Å². The Kier molecular flexibility index (Phi) is 5.83. The number of nitrogens with zero attached hydrogens (tertiary/aromatic N) is 6. The van der Waals surface area contributed by atoms with E-state index in [4.69, 9.17) is 0 Å². The maximum Gasteiger partial charge on any atom is 0.141 e. The first-order valence-corrected chi connectivity index (χ1v) is 11.9. The quantitative estimate of drug-likeness (QED) is 0.336. The molecule has 0 radical (unpaired) electrons. The summed E-state index contributed by atoms with van der Waals surface area (Å²) in [6.07, 6.45) is 4.38. The maximum atomic E-state index is 15.6. The first-order chi connectivity index (χ1) is 17.1. The molecule has 1 unspecified atom stereocenters. The first-order valence-electron chi connectivity index (χ1n) is 11.9. The summed E-state index contributed by atoms with van der Waals surface area (Å²) in [5.74, 6) is -0.818. The number of aryl methyl sites for hydroxylation is 2. The van der Waals surface area contributed by atoms with Crippen molar-refractivity contribution >= 4 is 21.9 Å². The van der Waals surface area contributed by atoms with Crippen LogP contribution in [0.4, 0.5) is 8.78 Å². The molecular formula is C27H28F2N6O. The van der Waals surface area contributed by atoms with Crippen LogP contribution in [0.15, 0.2) is 42.7 Å². The number of aliphatic hydroxyl groups is 1. The van der Waals surface area contributed by atoms with E-state index in [-0.39, 0.29) is 6.04 Å². The largest absolute Gasteiger partial charge is 0.386 e. The average molecular weight is 491 g/mol. The second-order valence-corrected chi connectivity index (χ2v) is 9.72. The molecule has 0 saturated heterocycles. The molecule has 5 rings (SSSR count). The summed E-state index contributed by atoms with van der Waals surface area (Å²) < 4.78 is 32.9. The van der Waals surface area contributed by atoms with Crippen LogP contribution in [-0.4, -0.2) is 34.6 Å². The first kappa shape index (κ1) is 24.0. The van der Waals surface area contributed by atoms with Gasteiger partial charge in [0.25, 0.3) is 0 Å². The Morgan fingerprint density at radius 2 is 1.83 bits per heavy atom. The van der Waals surface area contributed by atoms with Gasteiger partial charge in [-0.1, -0.05) is 18.6 Å². The Morgan fingerprint density at radius 3 is 2.44 bits per heavy atom. The molecular weight excluding hydrogens is 462 g/mol. The van der Waals surface area contributed by atoms with Gasteiger partial charge in [0.05, 0.1) is 51.5 Å². The minimum atomic E-state index is -1.12. The molecule has 9 heteroatoms. The molecule has 1 aromatic carbocycles. The molecule has 0 bridgehead atoms. The molecule has 0 aliphatic carbocycles. The number of benzene rings is 1. The predicted octanol–water partition coefficient (Wildman–Crippen LogP) is 5.58. The van der Waals surface area contributed by atoms with Crippen LogP contribution in [-0.2, 0) is 12.6 Å². The highest BCUT2D eigenvalue weighted by Gasteiger charge is 2.26. The Labute approximate surface area is 207 Å². The van der Waals surface area contributed by atoms with Crippen molar-refractivity contribution in [3.8, 4) is 11.3 Å². The summed E-state index contributed by atoms with van der Waals surface area (Å²) in [6, 6.07) is 8.00. The number of rotatable bonds is 6. The molecule has 0 spiro atoms. The van der Waals surface area contributed by atoms with E-state index in [9.17, 15) is 9.50 Å². The van der Waals surface area contributed by atoms with E-state index in [0.29, 0.717) is 45.5 Å². The van der Waals surface area contributed by atoms with E-state index < -0.39 is 17.2 Å². The van der Waals surface area contributed by atoms with Crippen LogP contribution < -0.4 is 0 Å². The van der Waals surface area contributed by atoms with Crippen molar-refractivity contribution in [2.75, 3.05) is 0 Å². The van der Waals surface area contributed by atoms with Gasteiger partial charge in [0, 0.05) is 29.8 Å². The van der Waals surface area contributed by atoms with Gasteiger partial charge in [0.15, 0.2) is 0 Å². The number of hydrogen-bond acceptors (Lipinski definition) is 5. The van der Waals surface area contributed by atoms with Crippen molar-refractivity contribution in [2.24, 2.45) is 7.05 Å². The molecule has 0 aliphatic rings. The minimum Gasteiger partial charge on any atom is -0.386 e. The van der Waals surface area contributed by atoms with Gasteiger partial charge in [-0.3, -0.25) is 9.97 Å². The van der Waals surface area contributed by atoms with Gasteiger partial charge in [0.2, 0.25) is 0 Å². The van der Waals surface area contributed by atoms with Crippen molar-refractivity contribution in [1.29, 1.82) is 0 Å². The smallest absolute Gasteiger partial charge is 0.141 e. The third-order valence-corrected chi connectivity index (χ3v) is 6.65. The highest BCUT2D eigenvalue weighted by molar-refractivity contribution is 6.07. The van der Waals surface area contributed by atoms with Crippen molar-refractivity contribution in [2.45, 2.75) is 52.2 Å². The van der Waals surface area contributed by atoms with Crippen LogP contribution in [0.2, 0.25) is 0 Å². The SMILES string of the molecule is CCCC(c1ccc(F)cn1)n1c2cc(-c3c(C)nnn3C)c(F)cc2c2ncc(C(C)(C)O)cc21. The van der Waals surface area contributed by atoms with E-state index in [1.807, 2.05) is 6.07 Å². The third-order valence-electron chi connectivity index (χ3n) is 6.65. The minimum absolute atomic E-state index is 0.265. The molecule has 0 amide bonds. The summed E-state index contributed by atoms with van der Waals surface area (Å²) in [4.78, 5) is 9.05. The van der Waals surface area contributed by atoms with Crippen LogP contribution in [0.5, 0.6) is 0 Å². The van der Waals surface area contributed by atoms with Crippen molar-refractivity contribution in [3.05, 3.63) is 71.3 Å². The molecule has 36 heavy (non-hydrogen) atoms. The van der Waals surface area contributed by atoms with Gasteiger partial charge in [-0.2, -0.15) is 0 Å². The standard InChI is InChI=1S/C27H28F2N6O/c1-6-7-22(21-9-8-17(28)14-30-21)35-23-12-18(26-15(2)32-33-34(26)5)20(29)11-19(23)25-24(35)10-16(13-31-25)27(3,4)36/h8-14,22,36H,6-7H2,1-5H3. The molecule has 4 aromatic heterocycles. The van der Waals surface area contributed by atoms with Gasteiger partial charge in [-0.15, -0.1) is 5.10 Å².